The molecule has 11 heteroatoms. The van der Waals surface area contributed by atoms with Crippen LogP contribution in [0.25, 0.3) is 11.5 Å². The third kappa shape index (κ3) is 5.30. The quantitative estimate of drug-likeness (QED) is 0.478. The monoisotopic (exact) mass is 459 g/mol. The van der Waals surface area contributed by atoms with E-state index in [1.54, 1.807) is 36.4 Å². The fraction of sp³-hybridized carbons (Fsp3) is 0.238. The third-order valence-electron chi connectivity index (χ3n) is 4.25. The topological polar surface area (TPSA) is 122 Å². The minimum Gasteiger partial charge on any atom is -0.497 e. The first-order valence-electron chi connectivity index (χ1n) is 9.24. The zero-order chi connectivity index (χ0) is 23.1. The highest BCUT2D eigenvalue weighted by atomic mass is 32.2. The van der Waals surface area contributed by atoms with Gasteiger partial charge in [-0.1, -0.05) is 11.8 Å². The van der Waals surface area contributed by atoms with Crippen molar-refractivity contribution in [1.29, 1.82) is 0 Å². The number of amides is 2. The van der Waals surface area contributed by atoms with Crippen molar-refractivity contribution < 1.29 is 33.0 Å². The minimum absolute atomic E-state index is 0.0845. The molecule has 3 rings (SSSR count). The van der Waals surface area contributed by atoms with Crippen molar-refractivity contribution in [3.05, 3.63) is 42.0 Å². The molecule has 0 spiro atoms. The van der Waals surface area contributed by atoms with Crippen LogP contribution in [0.2, 0.25) is 0 Å². The highest BCUT2D eigenvalue weighted by Gasteiger charge is 2.18. The Morgan fingerprint density at radius 2 is 1.59 bits per heavy atom. The Morgan fingerprint density at radius 3 is 2.16 bits per heavy atom. The first kappa shape index (κ1) is 22.9. The summed E-state index contributed by atoms with van der Waals surface area (Å²) in [6, 6.07) is 9.74. The van der Waals surface area contributed by atoms with Gasteiger partial charge in [-0.3, -0.25) is 14.9 Å². The number of rotatable bonds is 9. The molecular formula is C21H21N3O7S. The van der Waals surface area contributed by atoms with Gasteiger partial charge in [0.2, 0.25) is 17.5 Å². The zero-order valence-corrected chi connectivity index (χ0v) is 18.6. The van der Waals surface area contributed by atoms with E-state index in [0.29, 0.717) is 34.1 Å². The second-order valence-electron chi connectivity index (χ2n) is 6.18. The molecule has 0 bridgehead atoms. The van der Waals surface area contributed by atoms with Gasteiger partial charge in [-0.15, -0.1) is 10.2 Å². The van der Waals surface area contributed by atoms with Crippen molar-refractivity contribution in [2.45, 2.75) is 5.22 Å². The van der Waals surface area contributed by atoms with Gasteiger partial charge >= 0.3 is 0 Å². The van der Waals surface area contributed by atoms with Gasteiger partial charge in [0.15, 0.2) is 11.5 Å². The van der Waals surface area contributed by atoms with E-state index in [1.807, 2.05) is 0 Å². The van der Waals surface area contributed by atoms with E-state index >= 15 is 0 Å². The smallest absolute Gasteiger partial charge is 0.277 e. The van der Waals surface area contributed by atoms with Crippen molar-refractivity contribution >= 4 is 23.6 Å². The molecule has 1 aromatic heterocycles. The second-order valence-corrected chi connectivity index (χ2v) is 7.11. The van der Waals surface area contributed by atoms with Gasteiger partial charge in [0.1, 0.15) is 5.75 Å². The SMILES string of the molecule is COc1ccc(C(=O)NC(=O)CSc2nnc(-c3cc(OC)c(OC)c(OC)c3)o2)cc1. The highest BCUT2D eigenvalue weighted by molar-refractivity contribution is 7.99. The number of thioether (sulfide) groups is 1. The fourth-order valence-corrected chi connectivity index (χ4v) is 3.26. The number of methoxy groups -OCH3 is 4. The van der Waals surface area contributed by atoms with E-state index in [9.17, 15) is 9.59 Å². The van der Waals surface area contributed by atoms with Crippen LogP contribution in [0.3, 0.4) is 0 Å². The summed E-state index contributed by atoms with van der Waals surface area (Å²) in [5.74, 6) is 1.04. The van der Waals surface area contributed by atoms with E-state index in [2.05, 4.69) is 15.5 Å². The second kappa shape index (κ2) is 10.5. The zero-order valence-electron chi connectivity index (χ0n) is 17.8. The maximum absolute atomic E-state index is 12.2. The number of hydrogen-bond donors (Lipinski definition) is 1. The van der Waals surface area contributed by atoms with Crippen LogP contribution in [0.15, 0.2) is 46.0 Å². The van der Waals surface area contributed by atoms with E-state index in [0.717, 1.165) is 11.8 Å². The molecule has 0 atom stereocenters. The van der Waals surface area contributed by atoms with E-state index in [4.69, 9.17) is 23.4 Å². The Kier molecular flexibility index (Phi) is 7.55. The van der Waals surface area contributed by atoms with Crippen LogP contribution in [-0.2, 0) is 4.79 Å². The minimum atomic E-state index is -0.512. The molecule has 0 aliphatic carbocycles. The molecule has 0 aliphatic heterocycles. The average Bonchev–Trinajstić information content (AvgIpc) is 3.30. The number of ether oxygens (including phenoxy) is 4. The van der Waals surface area contributed by atoms with Gasteiger partial charge < -0.3 is 23.4 Å². The van der Waals surface area contributed by atoms with Crippen molar-refractivity contribution in [2.24, 2.45) is 0 Å². The van der Waals surface area contributed by atoms with Crippen molar-refractivity contribution in [2.75, 3.05) is 34.2 Å². The number of nitrogens with zero attached hydrogens (tertiary/aromatic N) is 2. The lowest BCUT2D eigenvalue weighted by Crippen LogP contribution is -2.31. The highest BCUT2D eigenvalue weighted by Crippen LogP contribution is 2.41. The van der Waals surface area contributed by atoms with E-state index in [1.165, 1.54) is 28.4 Å². The van der Waals surface area contributed by atoms with E-state index < -0.39 is 11.8 Å². The summed E-state index contributed by atoms with van der Waals surface area (Å²) in [6.45, 7) is 0. The normalized spacial score (nSPS) is 10.4. The van der Waals surface area contributed by atoms with Gasteiger partial charge in [0.05, 0.1) is 34.2 Å². The Bertz CT molecular complexity index is 1070. The maximum Gasteiger partial charge on any atom is 0.277 e. The predicted molar refractivity (Wildman–Crippen MR) is 116 cm³/mol. The summed E-state index contributed by atoms with van der Waals surface area (Å²) in [6.07, 6.45) is 0. The molecule has 0 saturated carbocycles. The molecule has 1 heterocycles. The summed E-state index contributed by atoms with van der Waals surface area (Å²) in [4.78, 5) is 24.3. The molecule has 0 radical (unpaired) electrons. The van der Waals surface area contributed by atoms with Gasteiger partial charge in [-0.2, -0.15) is 0 Å². The lowest BCUT2D eigenvalue weighted by molar-refractivity contribution is -0.117. The third-order valence-corrected chi connectivity index (χ3v) is 5.07. The molecule has 3 aromatic rings. The summed E-state index contributed by atoms with van der Waals surface area (Å²) < 4.78 is 26.6. The van der Waals surface area contributed by atoms with Crippen LogP contribution < -0.4 is 24.3 Å². The molecule has 0 fully saturated rings. The van der Waals surface area contributed by atoms with Crippen LogP contribution >= 0.6 is 11.8 Å². The molecular weight excluding hydrogens is 438 g/mol. The van der Waals surface area contributed by atoms with Crippen molar-refractivity contribution in [3.63, 3.8) is 0 Å². The molecule has 10 nitrogen and oxygen atoms in total. The molecule has 1 N–H and O–H groups in total. The molecule has 168 valence electrons. The first-order chi connectivity index (χ1) is 15.5. The van der Waals surface area contributed by atoms with Crippen molar-refractivity contribution in [1.82, 2.24) is 15.5 Å². The fourth-order valence-electron chi connectivity index (χ4n) is 2.69. The number of nitrogens with one attached hydrogen (secondary N) is 1. The molecule has 0 aliphatic rings. The van der Waals surface area contributed by atoms with Crippen LogP contribution in [-0.4, -0.2) is 56.2 Å². The number of imide groups is 1. The largest absolute Gasteiger partial charge is 0.497 e. The number of carbonyl (C=O) groups excluding carboxylic acids is 2. The molecule has 32 heavy (non-hydrogen) atoms. The van der Waals surface area contributed by atoms with Gasteiger partial charge in [0.25, 0.3) is 11.1 Å². The van der Waals surface area contributed by atoms with Crippen LogP contribution in [0.1, 0.15) is 10.4 Å². The van der Waals surface area contributed by atoms with Crippen LogP contribution in [0.5, 0.6) is 23.0 Å². The number of hydrogen-bond acceptors (Lipinski definition) is 10. The maximum atomic E-state index is 12.2. The predicted octanol–water partition coefficient (Wildman–Crippen LogP) is 2.82. The average molecular weight is 459 g/mol. The number of aromatic nitrogens is 2. The molecule has 0 saturated heterocycles. The Labute approximate surface area is 188 Å². The van der Waals surface area contributed by atoms with Gasteiger partial charge in [-0.05, 0) is 36.4 Å². The number of carbonyl (C=O) groups is 2. The summed E-state index contributed by atoms with van der Waals surface area (Å²) in [5.41, 5.74) is 0.893. The number of benzene rings is 2. The van der Waals surface area contributed by atoms with E-state index in [-0.39, 0.29) is 16.9 Å². The van der Waals surface area contributed by atoms with Crippen molar-refractivity contribution in [3.8, 4) is 34.5 Å². The molecule has 0 unspecified atom stereocenters. The summed E-state index contributed by atoms with van der Waals surface area (Å²) in [7, 11) is 6.04. The Balaban J connectivity index is 1.62. The first-order valence-corrected chi connectivity index (χ1v) is 10.2. The summed E-state index contributed by atoms with van der Waals surface area (Å²) >= 11 is 1.00. The molecule has 2 aromatic carbocycles. The standard InChI is InChI=1S/C21H21N3O7S/c1-27-14-7-5-12(6-8-14)19(26)22-17(25)11-32-21-24-23-20(31-21)13-9-15(28-2)18(30-4)16(10-13)29-3/h5-10H,11H2,1-4H3,(H,22,25,26). The lowest BCUT2D eigenvalue weighted by atomic mass is 10.2. The van der Waals surface area contributed by atoms with Gasteiger partial charge in [0, 0.05) is 11.1 Å². The van der Waals surface area contributed by atoms with Crippen LogP contribution in [0, 0.1) is 0 Å². The summed E-state index contributed by atoms with van der Waals surface area (Å²) in [5, 5.41) is 10.4. The molecule has 2 amide bonds. The lowest BCUT2D eigenvalue weighted by Gasteiger charge is -2.12. The van der Waals surface area contributed by atoms with Gasteiger partial charge in [-0.25, -0.2) is 0 Å². The Hall–Kier alpha value is -3.73. The van der Waals surface area contributed by atoms with Crippen LogP contribution in [0.4, 0.5) is 0 Å². The Morgan fingerprint density at radius 1 is 0.938 bits per heavy atom.